The van der Waals surface area contributed by atoms with E-state index in [1.807, 2.05) is 0 Å². The van der Waals surface area contributed by atoms with E-state index in [9.17, 15) is 0 Å². The van der Waals surface area contributed by atoms with Crippen LogP contribution in [-0.2, 0) is 0 Å². The van der Waals surface area contributed by atoms with Crippen molar-refractivity contribution in [1.29, 1.82) is 0 Å². The van der Waals surface area contributed by atoms with E-state index in [0.717, 1.165) is 18.0 Å². The van der Waals surface area contributed by atoms with Crippen LogP contribution in [0.25, 0.3) is 0 Å². The van der Waals surface area contributed by atoms with Crippen molar-refractivity contribution in [2.45, 2.75) is 83.8 Å². The van der Waals surface area contributed by atoms with Crippen molar-refractivity contribution in [3.63, 3.8) is 0 Å². The maximum Gasteiger partial charge on any atom is 0.0122 e. The van der Waals surface area contributed by atoms with Gasteiger partial charge in [-0.15, -0.1) is 0 Å². The molecule has 1 saturated carbocycles. The van der Waals surface area contributed by atoms with Crippen LogP contribution in [0.2, 0.25) is 0 Å². The number of rotatable bonds is 6. The Balaban J connectivity index is 1.85. The maximum absolute atomic E-state index is 6.09. The molecule has 2 aliphatic rings. The second-order valence-corrected chi connectivity index (χ2v) is 7.73. The molecule has 1 heterocycles. The summed E-state index contributed by atoms with van der Waals surface area (Å²) in [6.07, 6.45) is 9.15. The average Bonchev–Trinajstić information content (AvgIpc) is 2.46. The summed E-state index contributed by atoms with van der Waals surface area (Å²) in [7, 11) is 0. The Kier molecular flexibility index (Phi) is 6.97. The zero-order valence-electron chi connectivity index (χ0n) is 14.6. The van der Waals surface area contributed by atoms with Gasteiger partial charge in [0.2, 0.25) is 0 Å². The van der Waals surface area contributed by atoms with E-state index in [0.29, 0.717) is 6.04 Å². The van der Waals surface area contributed by atoms with E-state index < -0.39 is 0 Å². The van der Waals surface area contributed by atoms with Crippen molar-refractivity contribution < 1.29 is 0 Å². The Morgan fingerprint density at radius 1 is 1.00 bits per heavy atom. The molecule has 0 aromatic heterocycles. The van der Waals surface area contributed by atoms with E-state index in [2.05, 4.69) is 30.6 Å². The topological polar surface area (TPSA) is 32.5 Å². The number of piperidine rings is 1. The van der Waals surface area contributed by atoms with Crippen molar-refractivity contribution >= 4 is 0 Å². The van der Waals surface area contributed by atoms with Crippen LogP contribution in [0, 0.1) is 5.92 Å². The molecule has 1 saturated heterocycles. The highest BCUT2D eigenvalue weighted by Gasteiger charge is 2.31. The van der Waals surface area contributed by atoms with Crippen molar-refractivity contribution in [3.8, 4) is 0 Å². The smallest absolute Gasteiger partial charge is 0.0122 e. The molecule has 3 nitrogen and oxygen atoms in total. The van der Waals surface area contributed by atoms with E-state index in [-0.39, 0.29) is 0 Å². The van der Waals surface area contributed by atoms with Crippen molar-refractivity contribution in [1.82, 2.24) is 9.80 Å². The number of likely N-dealkylation sites (tertiary alicyclic amines) is 1. The fraction of sp³-hybridized carbons (Fsp3) is 1.00. The van der Waals surface area contributed by atoms with Gasteiger partial charge in [-0.25, -0.2) is 0 Å². The molecule has 1 aliphatic carbocycles. The first kappa shape index (κ1) is 17.2. The first-order valence-electron chi connectivity index (χ1n) is 9.33. The zero-order chi connectivity index (χ0) is 15.2. The number of nitrogens with zero attached hydrogens (tertiary/aromatic N) is 2. The van der Waals surface area contributed by atoms with E-state index in [4.69, 9.17) is 5.73 Å². The standard InChI is InChI=1S/C18H37N3/c1-4-11-21(17-7-5-16(19)6-8-17)18-9-12-20(13-10-18)14-15(2)3/h15-18H,4-14,19H2,1-3H3. The van der Waals surface area contributed by atoms with Gasteiger partial charge in [-0.05, 0) is 70.5 Å². The van der Waals surface area contributed by atoms with Gasteiger partial charge in [0.1, 0.15) is 0 Å². The van der Waals surface area contributed by atoms with Gasteiger partial charge in [0.25, 0.3) is 0 Å². The molecule has 0 bridgehead atoms. The first-order chi connectivity index (χ1) is 10.1. The molecule has 1 aliphatic heterocycles. The normalized spacial score (nSPS) is 29.4. The minimum atomic E-state index is 0.470. The molecule has 2 rings (SSSR count). The van der Waals surface area contributed by atoms with Gasteiger partial charge in [-0.1, -0.05) is 20.8 Å². The SMILES string of the molecule is CCCN(C1CCC(N)CC1)C1CCN(CC(C)C)CC1. The molecule has 0 unspecified atom stereocenters. The summed E-state index contributed by atoms with van der Waals surface area (Å²) in [4.78, 5) is 5.53. The first-order valence-corrected chi connectivity index (χ1v) is 9.33. The second kappa shape index (κ2) is 8.50. The third-order valence-corrected chi connectivity index (χ3v) is 5.34. The summed E-state index contributed by atoms with van der Waals surface area (Å²) in [5.74, 6) is 0.799. The van der Waals surface area contributed by atoms with Gasteiger partial charge in [0, 0.05) is 24.7 Å². The summed E-state index contributed by atoms with van der Waals surface area (Å²) < 4.78 is 0. The molecular weight excluding hydrogens is 258 g/mol. The highest BCUT2D eigenvalue weighted by atomic mass is 15.2. The highest BCUT2D eigenvalue weighted by Crippen LogP contribution is 2.27. The van der Waals surface area contributed by atoms with Crippen LogP contribution in [0.3, 0.4) is 0 Å². The molecule has 0 atom stereocenters. The molecule has 21 heavy (non-hydrogen) atoms. The molecule has 0 radical (unpaired) electrons. The lowest BCUT2D eigenvalue weighted by molar-refractivity contribution is 0.0523. The molecule has 3 heteroatoms. The number of hydrogen-bond donors (Lipinski definition) is 1. The van der Waals surface area contributed by atoms with Gasteiger partial charge >= 0.3 is 0 Å². The maximum atomic E-state index is 6.09. The predicted octanol–water partition coefficient (Wildman–Crippen LogP) is 3.09. The second-order valence-electron chi connectivity index (χ2n) is 7.73. The fourth-order valence-corrected chi connectivity index (χ4v) is 4.30. The van der Waals surface area contributed by atoms with E-state index in [1.165, 1.54) is 71.1 Å². The van der Waals surface area contributed by atoms with Crippen LogP contribution in [-0.4, -0.2) is 54.1 Å². The van der Waals surface area contributed by atoms with Gasteiger partial charge < -0.3 is 10.6 Å². The lowest BCUT2D eigenvalue weighted by Crippen LogP contribution is -2.51. The Hall–Kier alpha value is -0.120. The Morgan fingerprint density at radius 3 is 2.10 bits per heavy atom. The lowest BCUT2D eigenvalue weighted by atomic mass is 9.88. The Labute approximate surface area is 132 Å². The van der Waals surface area contributed by atoms with Gasteiger partial charge in [0.05, 0.1) is 0 Å². The Morgan fingerprint density at radius 2 is 1.57 bits per heavy atom. The molecule has 124 valence electrons. The molecular formula is C18H37N3. The van der Waals surface area contributed by atoms with E-state index in [1.54, 1.807) is 0 Å². The fourth-order valence-electron chi connectivity index (χ4n) is 4.30. The van der Waals surface area contributed by atoms with Crippen LogP contribution in [0.1, 0.15) is 65.7 Å². The van der Waals surface area contributed by atoms with Crippen LogP contribution < -0.4 is 5.73 Å². The van der Waals surface area contributed by atoms with Crippen molar-refractivity contribution in [2.24, 2.45) is 11.7 Å². The molecule has 2 fully saturated rings. The molecule has 0 spiro atoms. The molecule has 2 N–H and O–H groups in total. The third kappa shape index (κ3) is 5.22. The zero-order valence-corrected chi connectivity index (χ0v) is 14.6. The van der Waals surface area contributed by atoms with Crippen LogP contribution in [0.4, 0.5) is 0 Å². The lowest BCUT2D eigenvalue weighted by Gasteiger charge is -2.44. The minimum absolute atomic E-state index is 0.470. The number of nitrogens with two attached hydrogens (primary N) is 1. The van der Waals surface area contributed by atoms with Crippen molar-refractivity contribution in [3.05, 3.63) is 0 Å². The molecule has 0 amide bonds. The summed E-state index contributed by atoms with van der Waals surface area (Å²) in [6.45, 7) is 12.2. The van der Waals surface area contributed by atoms with E-state index >= 15 is 0 Å². The quantitative estimate of drug-likeness (QED) is 0.817. The predicted molar refractivity (Wildman–Crippen MR) is 91.5 cm³/mol. The Bertz CT molecular complexity index is 276. The highest BCUT2D eigenvalue weighted by molar-refractivity contribution is 4.87. The molecule has 0 aromatic rings. The van der Waals surface area contributed by atoms with Crippen LogP contribution in [0.5, 0.6) is 0 Å². The molecule has 0 aromatic carbocycles. The number of hydrogen-bond acceptors (Lipinski definition) is 3. The monoisotopic (exact) mass is 295 g/mol. The average molecular weight is 296 g/mol. The van der Waals surface area contributed by atoms with Gasteiger partial charge in [0.15, 0.2) is 0 Å². The third-order valence-electron chi connectivity index (χ3n) is 5.34. The van der Waals surface area contributed by atoms with Crippen LogP contribution >= 0.6 is 0 Å². The summed E-state index contributed by atoms with van der Waals surface area (Å²) in [5, 5.41) is 0. The van der Waals surface area contributed by atoms with Gasteiger partial charge in [-0.3, -0.25) is 4.90 Å². The minimum Gasteiger partial charge on any atom is -0.328 e. The van der Waals surface area contributed by atoms with Crippen LogP contribution in [0.15, 0.2) is 0 Å². The largest absolute Gasteiger partial charge is 0.328 e. The summed E-state index contributed by atoms with van der Waals surface area (Å²) >= 11 is 0. The van der Waals surface area contributed by atoms with Gasteiger partial charge in [-0.2, -0.15) is 0 Å². The summed E-state index contributed by atoms with van der Waals surface area (Å²) in [6, 6.07) is 2.11. The van der Waals surface area contributed by atoms with Crippen molar-refractivity contribution in [2.75, 3.05) is 26.2 Å². The summed E-state index contributed by atoms with van der Waals surface area (Å²) in [5.41, 5.74) is 6.09.